The second-order valence-electron chi connectivity index (χ2n) is 5.93. The number of amides is 1. The second kappa shape index (κ2) is 8.86. The third-order valence-electron chi connectivity index (χ3n) is 3.89. The summed E-state index contributed by atoms with van der Waals surface area (Å²) in [5, 5.41) is 19.6. The largest absolute Gasteiger partial charge is 0.390 e. The fourth-order valence-corrected chi connectivity index (χ4v) is 2.72. The lowest BCUT2D eigenvalue weighted by molar-refractivity contribution is 0.0538. The van der Waals surface area contributed by atoms with Crippen LogP contribution in [0.15, 0.2) is 36.5 Å². The number of anilines is 4. The molecule has 9 nitrogen and oxygen atoms in total. The number of aliphatic hydroxyl groups excluding tert-OH is 1. The minimum atomic E-state index is -0.551. The van der Waals surface area contributed by atoms with E-state index >= 15 is 0 Å². The maximum atomic E-state index is 13.8. The quantitative estimate of drug-likeness (QED) is 0.434. The number of hydrogen-bond acceptors (Lipinski definition) is 7. The third kappa shape index (κ3) is 4.80. The highest BCUT2D eigenvalue weighted by molar-refractivity contribution is 6.33. The van der Waals surface area contributed by atoms with E-state index in [4.69, 9.17) is 11.6 Å². The Bertz CT molecular complexity index is 1040. The van der Waals surface area contributed by atoms with Gasteiger partial charge in [0.1, 0.15) is 17.5 Å². The minimum Gasteiger partial charge on any atom is -0.390 e. The number of aryl methyl sites for hydroxylation is 1. The summed E-state index contributed by atoms with van der Waals surface area (Å²) in [4.78, 5) is 21.0. The number of pyridine rings is 1. The van der Waals surface area contributed by atoms with Gasteiger partial charge in [0.2, 0.25) is 0 Å². The molecule has 0 bridgehead atoms. The standard InChI is InChI=1S/C18H18ClFN6O3/c1-26-17(6-11(9-27)24-26)23-16-7-15(13(19)8-21-16)22-14-5-10(20)3-4-12(14)18(28)25-29-2/h3-8,27H,9H2,1-2H3,(H,25,28)(H2,21,22,23). The Labute approximate surface area is 170 Å². The number of carbonyl (C=O) groups is 1. The van der Waals surface area contributed by atoms with Crippen molar-refractivity contribution in [1.82, 2.24) is 20.2 Å². The van der Waals surface area contributed by atoms with Crippen LogP contribution in [0.4, 0.5) is 27.4 Å². The molecule has 11 heteroatoms. The molecule has 0 aliphatic heterocycles. The molecule has 4 N–H and O–H groups in total. The zero-order valence-electron chi connectivity index (χ0n) is 15.5. The summed E-state index contributed by atoms with van der Waals surface area (Å²) in [5.41, 5.74) is 3.44. The van der Waals surface area contributed by atoms with Gasteiger partial charge in [0.05, 0.1) is 47.6 Å². The second-order valence-corrected chi connectivity index (χ2v) is 6.33. The van der Waals surface area contributed by atoms with Crippen LogP contribution in [-0.4, -0.2) is 32.9 Å². The Morgan fingerprint density at radius 3 is 2.76 bits per heavy atom. The van der Waals surface area contributed by atoms with Crippen molar-refractivity contribution in [2.45, 2.75) is 6.61 Å². The predicted molar refractivity (Wildman–Crippen MR) is 106 cm³/mol. The van der Waals surface area contributed by atoms with E-state index in [2.05, 4.69) is 31.0 Å². The first-order valence-electron chi connectivity index (χ1n) is 8.37. The molecule has 2 heterocycles. The van der Waals surface area contributed by atoms with Crippen molar-refractivity contribution in [2.75, 3.05) is 17.7 Å². The number of aromatic nitrogens is 3. The number of carbonyl (C=O) groups excluding carboxylic acids is 1. The Morgan fingerprint density at radius 2 is 2.07 bits per heavy atom. The van der Waals surface area contributed by atoms with Crippen LogP contribution in [0, 0.1) is 5.82 Å². The molecule has 0 unspecified atom stereocenters. The smallest absolute Gasteiger partial charge is 0.276 e. The van der Waals surface area contributed by atoms with E-state index in [1.165, 1.54) is 25.4 Å². The van der Waals surface area contributed by atoms with Crippen LogP contribution in [-0.2, 0) is 18.5 Å². The first kappa shape index (κ1) is 20.5. The molecule has 152 valence electrons. The van der Waals surface area contributed by atoms with Crippen LogP contribution in [0.1, 0.15) is 16.1 Å². The van der Waals surface area contributed by atoms with Crippen LogP contribution >= 0.6 is 11.6 Å². The number of nitrogens with one attached hydrogen (secondary N) is 3. The Hall–Kier alpha value is -3.21. The van der Waals surface area contributed by atoms with Crippen molar-refractivity contribution in [1.29, 1.82) is 0 Å². The van der Waals surface area contributed by atoms with Crippen molar-refractivity contribution in [3.05, 3.63) is 58.6 Å². The highest BCUT2D eigenvalue weighted by Gasteiger charge is 2.15. The zero-order chi connectivity index (χ0) is 21.0. The van der Waals surface area contributed by atoms with Gasteiger partial charge in [0.25, 0.3) is 5.91 Å². The fraction of sp³-hybridized carbons (Fsp3) is 0.167. The van der Waals surface area contributed by atoms with Crippen molar-refractivity contribution in [3.8, 4) is 0 Å². The molecule has 0 aliphatic rings. The van der Waals surface area contributed by atoms with Gasteiger partial charge in [-0.15, -0.1) is 0 Å². The van der Waals surface area contributed by atoms with E-state index in [0.717, 1.165) is 6.07 Å². The van der Waals surface area contributed by atoms with Gasteiger partial charge in [-0.2, -0.15) is 5.10 Å². The summed E-state index contributed by atoms with van der Waals surface area (Å²) in [6.07, 6.45) is 1.41. The average Bonchev–Trinajstić information content (AvgIpc) is 3.04. The highest BCUT2D eigenvalue weighted by atomic mass is 35.5. The van der Waals surface area contributed by atoms with Crippen molar-refractivity contribution < 1.29 is 19.1 Å². The molecule has 0 spiro atoms. The van der Waals surface area contributed by atoms with Crippen LogP contribution < -0.4 is 16.1 Å². The molecular formula is C18H18ClFN6O3. The summed E-state index contributed by atoms with van der Waals surface area (Å²) in [5.74, 6) is -0.0641. The van der Waals surface area contributed by atoms with Crippen LogP contribution in [0.25, 0.3) is 0 Å². The molecule has 2 aromatic heterocycles. The van der Waals surface area contributed by atoms with E-state index in [1.807, 2.05) is 0 Å². The molecule has 3 rings (SSSR count). The number of aliphatic hydroxyl groups is 1. The summed E-state index contributed by atoms with van der Waals surface area (Å²) in [7, 11) is 3.01. The van der Waals surface area contributed by atoms with Crippen LogP contribution in [0.3, 0.4) is 0 Å². The van der Waals surface area contributed by atoms with Crippen molar-refractivity contribution >= 4 is 40.5 Å². The lowest BCUT2D eigenvalue weighted by atomic mass is 10.1. The van der Waals surface area contributed by atoms with E-state index in [1.54, 1.807) is 23.9 Å². The van der Waals surface area contributed by atoms with Crippen LogP contribution in [0.2, 0.25) is 5.02 Å². The van der Waals surface area contributed by atoms with Gasteiger partial charge in [-0.25, -0.2) is 14.9 Å². The van der Waals surface area contributed by atoms with Crippen molar-refractivity contribution in [3.63, 3.8) is 0 Å². The topological polar surface area (TPSA) is 113 Å². The van der Waals surface area contributed by atoms with Gasteiger partial charge in [0.15, 0.2) is 0 Å². The molecule has 0 fully saturated rings. The number of hydroxylamine groups is 1. The Kier molecular flexibility index (Phi) is 6.27. The summed E-state index contributed by atoms with van der Waals surface area (Å²) >= 11 is 6.22. The lowest BCUT2D eigenvalue weighted by Gasteiger charge is -2.14. The fourth-order valence-electron chi connectivity index (χ4n) is 2.57. The maximum Gasteiger partial charge on any atom is 0.276 e. The monoisotopic (exact) mass is 420 g/mol. The van der Waals surface area contributed by atoms with E-state index in [-0.39, 0.29) is 22.9 Å². The lowest BCUT2D eigenvalue weighted by Crippen LogP contribution is -2.22. The molecule has 0 saturated carbocycles. The summed E-state index contributed by atoms with van der Waals surface area (Å²) < 4.78 is 15.3. The molecule has 0 saturated heterocycles. The van der Waals surface area contributed by atoms with Gasteiger partial charge in [-0.05, 0) is 18.2 Å². The summed E-state index contributed by atoms with van der Waals surface area (Å²) in [6, 6.07) is 6.92. The zero-order valence-corrected chi connectivity index (χ0v) is 16.3. The summed E-state index contributed by atoms with van der Waals surface area (Å²) in [6.45, 7) is -0.192. The van der Waals surface area contributed by atoms with Crippen LogP contribution in [0.5, 0.6) is 0 Å². The number of halogens is 2. The number of hydrogen-bond donors (Lipinski definition) is 4. The maximum absolute atomic E-state index is 13.8. The molecule has 0 aliphatic carbocycles. The molecule has 1 aromatic carbocycles. The number of rotatable bonds is 7. The first-order valence-corrected chi connectivity index (χ1v) is 8.75. The molecule has 3 aromatic rings. The van der Waals surface area contributed by atoms with E-state index in [0.29, 0.717) is 23.0 Å². The SMILES string of the molecule is CONC(=O)c1ccc(F)cc1Nc1cc(Nc2cc(CO)nn2C)ncc1Cl. The number of benzene rings is 1. The minimum absolute atomic E-state index is 0.162. The van der Waals surface area contributed by atoms with Crippen molar-refractivity contribution in [2.24, 2.45) is 7.05 Å². The highest BCUT2D eigenvalue weighted by Crippen LogP contribution is 2.30. The van der Waals surface area contributed by atoms with Gasteiger partial charge < -0.3 is 15.7 Å². The molecule has 1 amide bonds. The molecule has 29 heavy (non-hydrogen) atoms. The average molecular weight is 421 g/mol. The Balaban J connectivity index is 1.90. The van der Waals surface area contributed by atoms with Gasteiger partial charge in [0, 0.05) is 19.2 Å². The molecule has 0 atom stereocenters. The molecular weight excluding hydrogens is 403 g/mol. The van der Waals surface area contributed by atoms with E-state index < -0.39 is 11.7 Å². The van der Waals surface area contributed by atoms with Gasteiger partial charge in [-0.1, -0.05) is 11.6 Å². The van der Waals surface area contributed by atoms with E-state index in [9.17, 15) is 14.3 Å². The Morgan fingerprint density at radius 1 is 1.28 bits per heavy atom. The van der Waals surface area contributed by atoms with Gasteiger partial charge >= 0.3 is 0 Å². The first-order chi connectivity index (χ1) is 13.9. The third-order valence-corrected chi connectivity index (χ3v) is 4.20. The number of nitrogens with zero attached hydrogens (tertiary/aromatic N) is 3. The van der Waals surface area contributed by atoms with Gasteiger partial charge in [-0.3, -0.25) is 14.3 Å². The predicted octanol–water partition coefficient (Wildman–Crippen LogP) is 2.88. The normalized spacial score (nSPS) is 10.7. The molecule has 0 radical (unpaired) electrons.